The van der Waals surface area contributed by atoms with Gasteiger partial charge in [-0.15, -0.1) is 0 Å². The standard InChI is InChI=1S/C38H16Cl2N2O2/c39-31-35-37(43-27-15-25-19-9-3-1-7-17(19)21-11-5-13-23(29(21)25)33(27)41-35)32(40)36-38(31)44-28-16-26-20-10-4-2-8-18(20)22-12-6-14-24(30(22)26)34(28)42-36/h1-16H. The molecule has 0 saturated carbocycles. The lowest BCUT2D eigenvalue weighted by atomic mass is 10.0. The molecule has 0 atom stereocenters. The second-order valence-electron chi connectivity index (χ2n) is 11.5. The molecule has 0 radical (unpaired) electrons. The zero-order valence-corrected chi connectivity index (χ0v) is 24.2. The van der Waals surface area contributed by atoms with E-state index in [1.807, 2.05) is 0 Å². The molecule has 44 heavy (non-hydrogen) atoms. The Hall–Kier alpha value is -5.16. The zero-order chi connectivity index (χ0) is 28.8. The van der Waals surface area contributed by atoms with Crippen molar-refractivity contribution < 1.29 is 8.83 Å². The van der Waals surface area contributed by atoms with Gasteiger partial charge in [0.2, 0.25) is 0 Å². The summed E-state index contributed by atoms with van der Waals surface area (Å²) >= 11 is 14.2. The lowest BCUT2D eigenvalue weighted by Crippen LogP contribution is -1.92. The van der Waals surface area contributed by atoms with Crippen LogP contribution >= 0.6 is 23.2 Å². The van der Waals surface area contributed by atoms with Gasteiger partial charge in [0.25, 0.3) is 0 Å². The first-order chi connectivity index (χ1) is 21.7. The number of hydrogen-bond donors (Lipinski definition) is 0. The van der Waals surface area contributed by atoms with Crippen LogP contribution in [0.4, 0.5) is 0 Å². The molecule has 0 aliphatic carbocycles. The first-order valence-electron chi connectivity index (χ1n) is 14.4. The molecule has 0 spiro atoms. The van der Waals surface area contributed by atoms with Gasteiger partial charge >= 0.3 is 0 Å². The summed E-state index contributed by atoms with van der Waals surface area (Å²) in [7, 11) is 0. The van der Waals surface area contributed by atoms with E-state index in [9.17, 15) is 0 Å². The summed E-state index contributed by atoms with van der Waals surface area (Å²) in [5.74, 6) is 0. The minimum atomic E-state index is 0.316. The molecule has 0 fully saturated rings. The fourth-order valence-electron chi connectivity index (χ4n) is 7.51. The molecule has 9 aromatic carbocycles. The first-order valence-corrected chi connectivity index (χ1v) is 15.1. The number of hydrogen-bond acceptors (Lipinski definition) is 4. The summed E-state index contributed by atoms with van der Waals surface area (Å²) < 4.78 is 13.2. The highest BCUT2D eigenvalue weighted by Crippen LogP contribution is 2.46. The molecule has 2 aromatic heterocycles. The van der Waals surface area contributed by atoms with Crippen molar-refractivity contribution in [2.45, 2.75) is 0 Å². The molecule has 0 amide bonds. The number of fused-ring (bicyclic) bond motifs is 12. The van der Waals surface area contributed by atoms with Crippen LogP contribution in [0.3, 0.4) is 0 Å². The molecule has 6 heteroatoms. The Morgan fingerprint density at radius 3 is 1.18 bits per heavy atom. The topological polar surface area (TPSA) is 52.1 Å². The Balaban J connectivity index is 1.30. The fourth-order valence-corrected chi connectivity index (χ4v) is 8.02. The summed E-state index contributed by atoms with van der Waals surface area (Å²) in [6, 6.07) is 33.6. The summed E-state index contributed by atoms with van der Waals surface area (Å²) in [5, 5.41) is 14.3. The normalized spacial score (nSPS) is 12.8. The Morgan fingerprint density at radius 2 is 0.750 bits per heavy atom. The number of nitrogens with zero attached hydrogens (tertiary/aromatic N) is 2. The third-order valence-electron chi connectivity index (χ3n) is 9.33. The molecule has 0 saturated heterocycles. The van der Waals surface area contributed by atoms with Crippen LogP contribution in [0.25, 0.3) is 109 Å². The van der Waals surface area contributed by atoms with Gasteiger partial charge in [-0.25, -0.2) is 9.97 Å². The van der Waals surface area contributed by atoms with Crippen LogP contribution in [0, 0.1) is 0 Å². The van der Waals surface area contributed by atoms with Crippen molar-refractivity contribution in [1.82, 2.24) is 9.97 Å². The van der Waals surface area contributed by atoms with E-state index < -0.39 is 0 Å². The molecule has 204 valence electrons. The maximum atomic E-state index is 7.11. The molecule has 11 aromatic rings. The van der Waals surface area contributed by atoms with E-state index in [2.05, 4.69) is 97.1 Å². The van der Waals surface area contributed by atoms with Crippen LogP contribution in [0.1, 0.15) is 0 Å². The predicted molar refractivity (Wildman–Crippen MR) is 183 cm³/mol. The minimum absolute atomic E-state index is 0.316. The van der Waals surface area contributed by atoms with Crippen molar-refractivity contribution in [3.63, 3.8) is 0 Å². The van der Waals surface area contributed by atoms with Crippen LogP contribution in [0.15, 0.2) is 106 Å². The molecule has 0 N–H and O–H groups in total. The smallest absolute Gasteiger partial charge is 0.175 e. The lowest BCUT2D eigenvalue weighted by molar-refractivity contribution is 0.649. The quantitative estimate of drug-likeness (QED) is 0.128. The van der Waals surface area contributed by atoms with Crippen LogP contribution in [0.5, 0.6) is 0 Å². The van der Waals surface area contributed by atoms with Gasteiger partial charge in [-0.3, -0.25) is 0 Å². The molecular weight excluding hydrogens is 587 g/mol. The highest BCUT2D eigenvalue weighted by atomic mass is 35.5. The number of benzene rings is 7. The fraction of sp³-hybridized carbons (Fsp3) is 0. The summed E-state index contributed by atoms with van der Waals surface area (Å²) in [5.41, 5.74) is 4.35. The maximum absolute atomic E-state index is 7.11. The monoisotopic (exact) mass is 602 g/mol. The largest absolute Gasteiger partial charge is 0.451 e. The van der Waals surface area contributed by atoms with Gasteiger partial charge in [-0.1, -0.05) is 108 Å². The first kappa shape index (κ1) is 23.3. The molecule has 0 bridgehead atoms. The van der Waals surface area contributed by atoms with E-state index >= 15 is 0 Å². The molecule has 0 unspecified atom stereocenters. The Kier molecular flexibility index (Phi) is 4.16. The van der Waals surface area contributed by atoms with Crippen molar-refractivity contribution in [3.8, 4) is 0 Å². The van der Waals surface area contributed by atoms with Crippen LogP contribution < -0.4 is 0 Å². The number of rotatable bonds is 0. The highest BCUT2D eigenvalue weighted by molar-refractivity contribution is 6.46. The van der Waals surface area contributed by atoms with Gasteiger partial charge in [-0.05, 0) is 66.0 Å². The maximum Gasteiger partial charge on any atom is 0.175 e. The molecule has 11 rings (SSSR count). The SMILES string of the molecule is Clc1c2nc3c(cc4c5ccccc5c5cccc3c54)oc2c(Cl)c2nc3c(cc4c5ccccc5c5cccc3c54)oc12. The summed E-state index contributed by atoms with van der Waals surface area (Å²) in [4.78, 5) is 10.2. The van der Waals surface area contributed by atoms with Gasteiger partial charge in [0, 0.05) is 10.8 Å². The molecule has 0 aliphatic rings. The zero-order valence-electron chi connectivity index (χ0n) is 22.7. The Morgan fingerprint density at radius 1 is 0.386 bits per heavy atom. The van der Waals surface area contributed by atoms with E-state index in [0.717, 1.165) is 43.4 Å². The van der Waals surface area contributed by atoms with Crippen molar-refractivity contribution in [1.29, 1.82) is 0 Å². The third-order valence-corrected chi connectivity index (χ3v) is 10.0. The predicted octanol–water partition coefficient (Wildman–Crippen LogP) is 11.9. The Labute approximate surface area is 257 Å². The molecule has 0 aliphatic heterocycles. The average molecular weight is 603 g/mol. The average Bonchev–Trinajstić information content (AvgIpc) is 3.57. The van der Waals surface area contributed by atoms with Gasteiger partial charge in [0.15, 0.2) is 22.3 Å². The highest BCUT2D eigenvalue weighted by Gasteiger charge is 2.24. The van der Waals surface area contributed by atoms with Crippen molar-refractivity contribution in [3.05, 3.63) is 107 Å². The lowest BCUT2D eigenvalue weighted by Gasteiger charge is -2.11. The third kappa shape index (κ3) is 2.68. The summed E-state index contributed by atoms with van der Waals surface area (Å²) in [6.45, 7) is 0. The van der Waals surface area contributed by atoms with Crippen molar-refractivity contribution >= 4 is 132 Å². The van der Waals surface area contributed by atoms with E-state index in [4.69, 9.17) is 42.0 Å². The van der Waals surface area contributed by atoms with Gasteiger partial charge in [0.05, 0.1) is 0 Å². The van der Waals surface area contributed by atoms with Gasteiger partial charge in [0.1, 0.15) is 32.1 Å². The second kappa shape index (κ2) is 7.86. The minimum Gasteiger partial charge on any atom is -0.451 e. The van der Waals surface area contributed by atoms with Crippen LogP contribution in [-0.4, -0.2) is 9.97 Å². The molecule has 4 nitrogen and oxygen atoms in total. The number of halogens is 2. The van der Waals surface area contributed by atoms with Crippen molar-refractivity contribution in [2.75, 3.05) is 0 Å². The molecular formula is C38H16Cl2N2O2. The van der Waals surface area contributed by atoms with Crippen molar-refractivity contribution in [2.24, 2.45) is 0 Å². The number of aromatic nitrogens is 2. The second-order valence-corrected chi connectivity index (χ2v) is 12.3. The van der Waals surface area contributed by atoms with Gasteiger partial charge < -0.3 is 8.83 Å². The van der Waals surface area contributed by atoms with E-state index in [1.165, 1.54) is 32.3 Å². The van der Waals surface area contributed by atoms with E-state index in [-0.39, 0.29) is 0 Å². The molecule has 2 heterocycles. The summed E-state index contributed by atoms with van der Waals surface area (Å²) in [6.07, 6.45) is 0. The van der Waals surface area contributed by atoms with Gasteiger partial charge in [-0.2, -0.15) is 0 Å². The van der Waals surface area contributed by atoms with E-state index in [0.29, 0.717) is 43.4 Å². The Bertz CT molecular complexity index is 2870. The van der Waals surface area contributed by atoms with Crippen LogP contribution in [-0.2, 0) is 0 Å². The van der Waals surface area contributed by atoms with E-state index in [1.54, 1.807) is 0 Å². The van der Waals surface area contributed by atoms with Crippen LogP contribution in [0.2, 0.25) is 10.0 Å².